The first-order valence-electron chi connectivity index (χ1n) is 8.97. The average Bonchev–Trinajstić information content (AvgIpc) is 2.52. The molecular formula is C20H21ClN2O3S. The van der Waals surface area contributed by atoms with E-state index < -0.39 is 9.84 Å². The van der Waals surface area contributed by atoms with E-state index in [9.17, 15) is 13.2 Å². The molecule has 2 aromatic rings. The molecule has 7 heteroatoms. The van der Waals surface area contributed by atoms with E-state index in [1.807, 2.05) is 34.1 Å². The van der Waals surface area contributed by atoms with E-state index in [0.717, 1.165) is 38.2 Å². The summed E-state index contributed by atoms with van der Waals surface area (Å²) in [4.78, 5) is 16.2. The zero-order valence-corrected chi connectivity index (χ0v) is 16.6. The minimum atomic E-state index is -3.38. The summed E-state index contributed by atoms with van der Waals surface area (Å²) >= 11 is 5.98. The lowest BCUT2D eigenvalue weighted by Gasteiger charge is -2.44. The van der Waals surface area contributed by atoms with Gasteiger partial charge in [0.15, 0.2) is 9.84 Å². The SMILES string of the molecule is CS(=O)(=O)c1cc(Cl)ccc1-c1ccc(C2CN(C(=O)N3CCC3)C2)cc1. The third-order valence-electron chi connectivity index (χ3n) is 5.31. The molecule has 0 bridgehead atoms. The maximum absolute atomic E-state index is 12.2. The smallest absolute Gasteiger partial charge is 0.320 e. The normalized spacial score (nSPS) is 17.4. The van der Waals surface area contributed by atoms with E-state index >= 15 is 0 Å². The maximum atomic E-state index is 12.2. The van der Waals surface area contributed by atoms with Crippen molar-refractivity contribution in [3.05, 3.63) is 53.1 Å². The largest absolute Gasteiger partial charge is 0.325 e. The van der Waals surface area contributed by atoms with Crippen molar-refractivity contribution in [2.75, 3.05) is 32.4 Å². The van der Waals surface area contributed by atoms with Gasteiger partial charge in [-0.3, -0.25) is 0 Å². The molecule has 0 spiro atoms. The molecule has 2 heterocycles. The van der Waals surface area contributed by atoms with Crippen LogP contribution < -0.4 is 0 Å². The predicted molar refractivity (Wildman–Crippen MR) is 106 cm³/mol. The number of benzene rings is 2. The number of sulfone groups is 1. The third kappa shape index (κ3) is 3.56. The molecule has 0 N–H and O–H groups in total. The minimum Gasteiger partial charge on any atom is -0.325 e. The van der Waals surface area contributed by atoms with Crippen LogP contribution >= 0.6 is 11.6 Å². The molecule has 4 rings (SSSR count). The predicted octanol–water partition coefficient (Wildman–Crippen LogP) is 3.64. The van der Waals surface area contributed by atoms with Crippen molar-refractivity contribution in [1.82, 2.24) is 9.80 Å². The number of carbonyl (C=O) groups is 1. The second-order valence-electron chi connectivity index (χ2n) is 7.26. The molecule has 2 amide bonds. The Morgan fingerprint density at radius 2 is 1.70 bits per heavy atom. The molecule has 0 radical (unpaired) electrons. The van der Waals surface area contributed by atoms with Crippen LogP contribution in [0.3, 0.4) is 0 Å². The van der Waals surface area contributed by atoms with Gasteiger partial charge >= 0.3 is 6.03 Å². The highest BCUT2D eigenvalue weighted by atomic mass is 35.5. The maximum Gasteiger partial charge on any atom is 0.320 e. The van der Waals surface area contributed by atoms with Crippen molar-refractivity contribution in [2.45, 2.75) is 17.2 Å². The number of rotatable bonds is 3. The van der Waals surface area contributed by atoms with Crippen LogP contribution in [0.15, 0.2) is 47.4 Å². The van der Waals surface area contributed by atoms with Crippen LogP contribution in [-0.4, -0.2) is 56.7 Å². The van der Waals surface area contributed by atoms with Crippen molar-refractivity contribution in [2.24, 2.45) is 0 Å². The van der Waals surface area contributed by atoms with Gasteiger partial charge in [-0.1, -0.05) is 41.9 Å². The van der Waals surface area contributed by atoms with Gasteiger partial charge in [0.2, 0.25) is 0 Å². The van der Waals surface area contributed by atoms with Gasteiger partial charge in [0.1, 0.15) is 0 Å². The van der Waals surface area contributed by atoms with Crippen LogP contribution in [0.1, 0.15) is 17.9 Å². The van der Waals surface area contributed by atoms with E-state index in [4.69, 9.17) is 11.6 Å². The van der Waals surface area contributed by atoms with Gasteiger partial charge in [0, 0.05) is 48.9 Å². The number of carbonyl (C=O) groups excluding carboxylic acids is 1. The molecule has 142 valence electrons. The van der Waals surface area contributed by atoms with E-state index in [1.165, 1.54) is 17.9 Å². The number of urea groups is 1. The van der Waals surface area contributed by atoms with Gasteiger partial charge in [0.05, 0.1) is 4.90 Å². The number of halogens is 1. The van der Waals surface area contributed by atoms with E-state index in [1.54, 1.807) is 12.1 Å². The molecule has 27 heavy (non-hydrogen) atoms. The molecule has 2 saturated heterocycles. The number of hydrogen-bond donors (Lipinski definition) is 0. The summed E-state index contributed by atoms with van der Waals surface area (Å²) in [5.74, 6) is 0.337. The molecule has 0 atom stereocenters. The lowest BCUT2D eigenvalue weighted by atomic mass is 9.90. The molecule has 0 saturated carbocycles. The van der Waals surface area contributed by atoms with E-state index in [2.05, 4.69) is 0 Å². The van der Waals surface area contributed by atoms with Crippen molar-refractivity contribution < 1.29 is 13.2 Å². The van der Waals surface area contributed by atoms with Gasteiger partial charge in [-0.2, -0.15) is 0 Å². The lowest BCUT2D eigenvalue weighted by Crippen LogP contribution is -2.56. The Labute approximate surface area is 164 Å². The molecule has 2 aliphatic rings. The van der Waals surface area contributed by atoms with Crippen LogP contribution in [0.2, 0.25) is 5.02 Å². The second-order valence-corrected chi connectivity index (χ2v) is 9.68. The summed E-state index contributed by atoms with van der Waals surface area (Å²) in [5.41, 5.74) is 2.65. The first-order chi connectivity index (χ1) is 12.8. The van der Waals surface area contributed by atoms with Crippen molar-refractivity contribution in [1.29, 1.82) is 0 Å². The molecule has 2 aliphatic heterocycles. The minimum absolute atomic E-state index is 0.146. The highest BCUT2D eigenvalue weighted by molar-refractivity contribution is 7.90. The summed E-state index contributed by atoms with van der Waals surface area (Å²) < 4.78 is 24.2. The third-order valence-corrected chi connectivity index (χ3v) is 6.69. The fourth-order valence-electron chi connectivity index (χ4n) is 3.53. The molecule has 2 aromatic carbocycles. The Morgan fingerprint density at radius 3 is 2.26 bits per heavy atom. The molecule has 0 aliphatic carbocycles. The van der Waals surface area contributed by atoms with Crippen molar-refractivity contribution in [3.63, 3.8) is 0 Å². The summed E-state index contributed by atoms with van der Waals surface area (Å²) in [6.45, 7) is 3.23. The van der Waals surface area contributed by atoms with Crippen LogP contribution in [0, 0.1) is 0 Å². The van der Waals surface area contributed by atoms with Gasteiger partial charge in [-0.15, -0.1) is 0 Å². The fourth-order valence-corrected chi connectivity index (χ4v) is 4.69. The zero-order valence-electron chi connectivity index (χ0n) is 15.1. The van der Waals surface area contributed by atoms with Crippen LogP contribution in [-0.2, 0) is 9.84 Å². The summed E-state index contributed by atoms with van der Waals surface area (Å²) in [5, 5.41) is 0.400. The molecule has 2 fully saturated rings. The Kier molecular flexibility index (Phi) is 4.64. The first kappa shape index (κ1) is 18.3. The van der Waals surface area contributed by atoms with Gasteiger partial charge in [-0.25, -0.2) is 13.2 Å². The molecule has 5 nitrogen and oxygen atoms in total. The van der Waals surface area contributed by atoms with E-state index in [0.29, 0.717) is 16.5 Å². The number of hydrogen-bond acceptors (Lipinski definition) is 3. The number of likely N-dealkylation sites (tertiary alicyclic amines) is 2. The van der Waals surface area contributed by atoms with Crippen LogP contribution in [0.4, 0.5) is 4.79 Å². The van der Waals surface area contributed by atoms with Crippen molar-refractivity contribution in [3.8, 4) is 11.1 Å². The van der Waals surface area contributed by atoms with Crippen LogP contribution in [0.25, 0.3) is 11.1 Å². The van der Waals surface area contributed by atoms with Crippen molar-refractivity contribution >= 4 is 27.5 Å². The van der Waals surface area contributed by atoms with E-state index in [-0.39, 0.29) is 10.9 Å². The lowest BCUT2D eigenvalue weighted by molar-refractivity contribution is 0.0942. The highest BCUT2D eigenvalue weighted by Crippen LogP contribution is 2.33. The number of nitrogens with zero attached hydrogens (tertiary/aromatic N) is 2. The quantitative estimate of drug-likeness (QED) is 0.784. The monoisotopic (exact) mass is 404 g/mol. The Morgan fingerprint density at radius 1 is 1.04 bits per heavy atom. The summed E-state index contributed by atoms with van der Waals surface area (Å²) in [7, 11) is -3.38. The topological polar surface area (TPSA) is 57.7 Å². The fraction of sp³-hybridized carbons (Fsp3) is 0.350. The molecule has 0 unspecified atom stereocenters. The Bertz CT molecular complexity index is 979. The second kappa shape index (κ2) is 6.84. The summed E-state index contributed by atoms with van der Waals surface area (Å²) in [6, 6.07) is 13.0. The zero-order chi connectivity index (χ0) is 19.2. The van der Waals surface area contributed by atoms with Gasteiger partial charge < -0.3 is 9.80 Å². The summed E-state index contributed by atoms with van der Waals surface area (Å²) in [6.07, 6.45) is 2.29. The first-order valence-corrected chi connectivity index (χ1v) is 11.2. The molecular weight excluding hydrogens is 384 g/mol. The van der Waals surface area contributed by atoms with Gasteiger partial charge in [0.25, 0.3) is 0 Å². The molecule has 0 aromatic heterocycles. The average molecular weight is 405 g/mol. The Balaban J connectivity index is 1.50. The standard InChI is InChI=1S/C20H21ClN2O3S/c1-27(25,26)19-11-17(21)7-8-18(19)15-5-3-14(4-6-15)16-12-23(13-16)20(24)22-9-2-10-22/h3-8,11,16H,2,9-10,12-13H2,1H3. The van der Waals surface area contributed by atoms with Crippen LogP contribution in [0.5, 0.6) is 0 Å². The highest BCUT2D eigenvalue weighted by Gasteiger charge is 2.35. The Hall–Kier alpha value is -2.05. The number of amides is 2. The van der Waals surface area contributed by atoms with Gasteiger partial charge in [-0.05, 0) is 29.7 Å².